The second-order valence-electron chi connectivity index (χ2n) is 7.48. The standard InChI is InChI=1S/C22H24N6O2/c23-21(30)16-11-13-17(14-12-16)22-24-26-27(25-22)15-20(29)28(18-7-3-1-4-8-18)19-9-5-2-6-10-19/h1,3-4,7-8,11-14,19H,2,5-6,9-10,15H2,(H2,23,30). The number of carbonyl (C=O) groups excluding carboxylic acids is 2. The van der Waals surface area contributed by atoms with Gasteiger partial charge >= 0.3 is 0 Å². The van der Waals surface area contributed by atoms with Crippen LogP contribution in [-0.4, -0.2) is 38.1 Å². The lowest BCUT2D eigenvalue weighted by molar-refractivity contribution is -0.120. The molecule has 1 fully saturated rings. The topological polar surface area (TPSA) is 107 Å². The molecular weight excluding hydrogens is 380 g/mol. The number of benzene rings is 2. The highest BCUT2D eigenvalue weighted by atomic mass is 16.2. The third kappa shape index (κ3) is 4.37. The van der Waals surface area contributed by atoms with Crippen molar-refractivity contribution < 1.29 is 9.59 Å². The van der Waals surface area contributed by atoms with E-state index in [-0.39, 0.29) is 18.5 Å². The molecule has 154 valence electrons. The highest BCUT2D eigenvalue weighted by Gasteiger charge is 2.27. The number of rotatable bonds is 6. The molecule has 0 radical (unpaired) electrons. The molecule has 0 atom stereocenters. The van der Waals surface area contributed by atoms with Crippen molar-refractivity contribution in [3.05, 3.63) is 60.2 Å². The quantitative estimate of drug-likeness (QED) is 0.680. The maximum absolute atomic E-state index is 13.2. The van der Waals surface area contributed by atoms with E-state index in [9.17, 15) is 9.59 Å². The Morgan fingerprint density at radius 1 is 1.00 bits per heavy atom. The summed E-state index contributed by atoms with van der Waals surface area (Å²) in [6, 6.07) is 16.6. The number of nitrogens with zero attached hydrogens (tertiary/aromatic N) is 5. The maximum atomic E-state index is 13.2. The average Bonchev–Trinajstić information content (AvgIpc) is 3.24. The third-order valence-corrected chi connectivity index (χ3v) is 5.40. The monoisotopic (exact) mass is 404 g/mol. The van der Waals surface area contributed by atoms with Crippen molar-refractivity contribution in [2.75, 3.05) is 4.90 Å². The Kier molecular flexibility index (Phi) is 5.83. The second kappa shape index (κ2) is 8.86. The molecular formula is C22H24N6O2. The molecule has 2 aromatic carbocycles. The van der Waals surface area contributed by atoms with E-state index >= 15 is 0 Å². The highest BCUT2D eigenvalue weighted by molar-refractivity contribution is 5.94. The number of anilines is 1. The molecule has 1 aliphatic carbocycles. The Morgan fingerprint density at radius 2 is 1.70 bits per heavy atom. The summed E-state index contributed by atoms with van der Waals surface area (Å²) in [7, 11) is 0. The normalized spacial score (nSPS) is 14.4. The molecule has 8 nitrogen and oxygen atoms in total. The maximum Gasteiger partial charge on any atom is 0.250 e. The van der Waals surface area contributed by atoms with Gasteiger partial charge in [0, 0.05) is 22.9 Å². The van der Waals surface area contributed by atoms with Crippen LogP contribution >= 0.6 is 0 Å². The minimum Gasteiger partial charge on any atom is -0.366 e. The van der Waals surface area contributed by atoms with E-state index in [1.807, 2.05) is 35.2 Å². The van der Waals surface area contributed by atoms with Crippen LogP contribution in [0.2, 0.25) is 0 Å². The van der Waals surface area contributed by atoms with Crippen molar-refractivity contribution in [1.29, 1.82) is 0 Å². The molecule has 1 saturated carbocycles. The summed E-state index contributed by atoms with van der Waals surface area (Å²) in [6.45, 7) is 0.0117. The molecule has 0 spiro atoms. The van der Waals surface area contributed by atoms with Gasteiger partial charge in [0.1, 0.15) is 6.54 Å². The molecule has 3 aromatic rings. The van der Waals surface area contributed by atoms with Gasteiger partial charge in [-0.05, 0) is 42.3 Å². The molecule has 0 bridgehead atoms. The second-order valence-corrected chi connectivity index (χ2v) is 7.48. The zero-order chi connectivity index (χ0) is 20.9. The minimum atomic E-state index is -0.493. The van der Waals surface area contributed by atoms with Crippen molar-refractivity contribution in [2.24, 2.45) is 5.73 Å². The average molecular weight is 404 g/mol. The van der Waals surface area contributed by atoms with E-state index in [1.165, 1.54) is 11.2 Å². The first kappa shape index (κ1) is 19.8. The molecule has 2 amide bonds. The van der Waals surface area contributed by atoms with Crippen LogP contribution in [0.3, 0.4) is 0 Å². The lowest BCUT2D eigenvalue weighted by Crippen LogP contribution is -2.43. The van der Waals surface area contributed by atoms with E-state index < -0.39 is 5.91 Å². The third-order valence-electron chi connectivity index (χ3n) is 5.40. The molecule has 1 aromatic heterocycles. The molecule has 1 heterocycles. The van der Waals surface area contributed by atoms with Crippen LogP contribution in [-0.2, 0) is 11.3 Å². The molecule has 0 unspecified atom stereocenters. The Morgan fingerprint density at radius 3 is 2.37 bits per heavy atom. The van der Waals surface area contributed by atoms with Crippen LogP contribution in [0.25, 0.3) is 11.4 Å². The summed E-state index contributed by atoms with van der Waals surface area (Å²) < 4.78 is 0. The minimum absolute atomic E-state index is 0.0117. The largest absolute Gasteiger partial charge is 0.366 e. The lowest BCUT2D eigenvalue weighted by atomic mass is 9.93. The van der Waals surface area contributed by atoms with Crippen LogP contribution < -0.4 is 10.6 Å². The first-order valence-electron chi connectivity index (χ1n) is 10.2. The fraction of sp³-hybridized carbons (Fsp3) is 0.318. The Labute approximate surface area is 174 Å². The number of hydrogen-bond donors (Lipinski definition) is 1. The fourth-order valence-electron chi connectivity index (χ4n) is 3.89. The number of primary amides is 1. The van der Waals surface area contributed by atoms with Gasteiger partial charge in [-0.15, -0.1) is 10.2 Å². The van der Waals surface area contributed by atoms with Crippen LogP contribution in [0.15, 0.2) is 54.6 Å². The SMILES string of the molecule is NC(=O)c1ccc(-c2nnn(CC(=O)N(c3ccccc3)C3CCCCC3)n2)cc1. The summed E-state index contributed by atoms with van der Waals surface area (Å²) in [4.78, 5) is 27.7. The highest BCUT2D eigenvalue weighted by Crippen LogP contribution is 2.27. The number of aromatic nitrogens is 4. The molecule has 1 aliphatic rings. The summed E-state index contributed by atoms with van der Waals surface area (Å²) >= 11 is 0. The number of tetrazole rings is 1. The van der Waals surface area contributed by atoms with Crippen LogP contribution in [0, 0.1) is 0 Å². The van der Waals surface area contributed by atoms with Crippen molar-refractivity contribution in [3.63, 3.8) is 0 Å². The Balaban J connectivity index is 1.52. The molecule has 8 heteroatoms. The van der Waals surface area contributed by atoms with E-state index in [0.717, 1.165) is 31.4 Å². The molecule has 2 N–H and O–H groups in total. The van der Waals surface area contributed by atoms with Gasteiger partial charge in [-0.3, -0.25) is 9.59 Å². The van der Waals surface area contributed by atoms with Gasteiger partial charge in [-0.2, -0.15) is 4.80 Å². The van der Waals surface area contributed by atoms with Gasteiger partial charge in [0.15, 0.2) is 0 Å². The van der Waals surface area contributed by atoms with E-state index in [1.54, 1.807) is 24.3 Å². The summed E-state index contributed by atoms with van der Waals surface area (Å²) in [5.74, 6) is -0.156. The molecule has 0 saturated heterocycles. The van der Waals surface area contributed by atoms with Gasteiger partial charge in [-0.1, -0.05) is 49.6 Å². The molecule has 4 rings (SSSR count). The van der Waals surface area contributed by atoms with Crippen molar-refractivity contribution in [3.8, 4) is 11.4 Å². The van der Waals surface area contributed by atoms with Gasteiger partial charge in [0.05, 0.1) is 0 Å². The van der Waals surface area contributed by atoms with E-state index in [4.69, 9.17) is 5.73 Å². The zero-order valence-corrected chi connectivity index (χ0v) is 16.6. The first-order chi connectivity index (χ1) is 14.6. The van der Waals surface area contributed by atoms with Crippen LogP contribution in [0.4, 0.5) is 5.69 Å². The molecule has 0 aliphatic heterocycles. The molecule has 30 heavy (non-hydrogen) atoms. The number of carbonyl (C=O) groups is 2. The van der Waals surface area contributed by atoms with E-state index in [0.29, 0.717) is 17.0 Å². The van der Waals surface area contributed by atoms with Gasteiger partial charge < -0.3 is 10.6 Å². The summed E-state index contributed by atoms with van der Waals surface area (Å²) in [5.41, 5.74) is 7.28. The van der Waals surface area contributed by atoms with Gasteiger partial charge in [0.25, 0.3) is 5.91 Å². The van der Waals surface area contributed by atoms with Crippen molar-refractivity contribution >= 4 is 17.5 Å². The predicted octanol–water partition coefficient (Wildman–Crippen LogP) is 2.80. The fourth-order valence-corrected chi connectivity index (χ4v) is 3.89. The van der Waals surface area contributed by atoms with Crippen molar-refractivity contribution in [1.82, 2.24) is 20.2 Å². The lowest BCUT2D eigenvalue weighted by Gasteiger charge is -2.34. The number of amides is 2. The van der Waals surface area contributed by atoms with Crippen LogP contribution in [0.5, 0.6) is 0 Å². The van der Waals surface area contributed by atoms with Crippen LogP contribution in [0.1, 0.15) is 42.5 Å². The summed E-state index contributed by atoms with van der Waals surface area (Å²) in [6.07, 6.45) is 5.49. The van der Waals surface area contributed by atoms with E-state index in [2.05, 4.69) is 15.4 Å². The first-order valence-corrected chi connectivity index (χ1v) is 10.2. The zero-order valence-electron chi connectivity index (χ0n) is 16.6. The predicted molar refractivity (Wildman–Crippen MR) is 113 cm³/mol. The number of hydrogen-bond acceptors (Lipinski definition) is 5. The van der Waals surface area contributed by atoms with Gasteiger partial charge in [0.2, 0.25) is 11.7 Å². The van der Waals surface area contributed by atoms with Gasteiger partial charge in [-0.25, -0.2) is 0 Å². The van der Waals surface area contributed by atoms with Crippen molar-refractivity contribution in [2.45, 2.75) is 44.7 Å². The Bertz CT molecular complexity index is 1010. The Hall–Kier alpha value is -3.55. The number of nitrogens with two attached hydrogens (primary N) is 1. The number of para-hydroxylation sites is 1. The smallest absolute Gasteiger partial charge is 0.250 e. The summed E-state index contributed by atoms with van der Waals surface area (Å²) in [5, 5.41) is 12.4.